The van der Waals surface area contributed by atoms with Crippen molar-refractivity contribution < 1.29 is 23.6 Å². The van der Waals surface area contributed by atoms with Gasteiger partial charge in [-0.1, -0.05) is 29.3 Å². The average Bonchev–Trinajstić information content (AvgIpc) is 3.36. The van der Waals surface area contributed by atoms with Crippen LogP contribution in [-0.2, 0) is 24.7 Å². The predicted molar refractivity (Wildman–Crippen MR) is 123 cm³/mol. The molecule has 11 heteroatoms. The Bertz CT molecular complexity index is 1300. The zero-order chi connectivity index (χ0) is 24.5. The molecule has 176 valence electrons. The molecule has 0 bridgehead atoms. The summed E-state index contributed by atoms with van der Waals surface area (Å²) in [4.78, 5) is 53.3. The van der Waals surface area contributed by atoms with Crippen molar-refractivity contribution in [2.75, 3.05) is 10.2 Å². The summed E-state index contributed by atoms with van der Waals surface area (Å²) in [7, 11) is 0. The molecular weight excluding hydrogens is 486 g/mol. The second-order valence-corrected chi connectivity index (χ2v) is 9.54. The molecule has 5 rings (SSSR count). The Hall–Kier alpha value is -3.01. The fraction of sp³-hybridized carbons (Fsp3) is 0.304. The van der Waals surface area contributed by atoms with Gasteiger partial charge in [0.25, 0.3) is 0 Å². The van der Waals surface area contributed by atoms with Gasteiger partial charge in [-0.2, -0.15) is 0 Å². The molecule has 0 aliphatic carbocycles. The molecule has 2 saturated heterocycles. The summed E-state index contributed by atoms with van der Waals surface area (Å²) in [5.74, 6) is -5.02. The Labute approximate surface area is 203 Å². The number of fused-ring (bicyclic) bond motifs is 4. The Balaban J connectivity index is 1.67. The van der Waals surface area contributed by atoms with Crippen molar-refractivity contribution in [3.8, 4) is 0 Å². The minimum absolute atomic E-state index is 0.0467. The van der Waals surface area contributed by atoms with Crippen molar-refractivity contribution in [1.82, 2.24) is 5.32 Å². The van der Waals surface area contributed by atoms with Crippen LogP contribution in [0.15, 0.2) is 30.3 Å². The second kappa shape index (κ2) is 7.76. The van der Waals surface area contributed by atoms with Gasteiger partial charge in [0.2, 0.25) is 23.6 Å². The monoisotopic (exact) mass is 504 g/mol. The lowest BCUT2D eigenvalue weighted by Gasteiger charge is -2.29. The SMILES string of the molecule is Cc1c(Cl)ccc2c1NC(=O)C21NC(CCC(N)=O)[C@H]2C(=O)N(c3ccc(F)c(Cl)c3)C(=O)[C@H]21. The maximum absolute atomic E-state index is 13.8. The summed E-state index contributed by atoms with van der Waals surface area (Å²) in [6.07, 6.45) is 0.0966. The minimum Gasteiger partial charge on any atom is -0.370 e. The van der Waals surface area contributed by atoms with Gasteiger partial charge in [0, 0.05) is 23.0 Å². The summed E-state index contributed by atoms with van der Waals surface area (Å²) in [6, 6.07) is 6.13. The number of rotatable bonds is 4. The number of nitrogens with two attached hydrogens (primary N) is 1. The Kier molecular flexibility index (Phi) is 5.20. The highest BCUT2D eigenvalue weighted by molar-refractivity contribution is 6.33. The number of imide groups is 1. The standard InChI is InChI=1S/C23H19Cl2FN4O4/c1-9-12(24)4-3-11-19(9)28-22(34)23(11)18-17(15(29-23)6-7-16(27)31)20(32)30(21(18)33)10-2-5-14(26)13(25)8-10/h2-5,8,15,17-18,29H,6-7H2,1H3,(H2,27,31)(H,28,34)/t15?,17-,18+,23?/m1/s1. The highest BCUT2D eigenvalue weighted by atomic mass is 35.5. The quantitative estimate of drug-likeness (QED) is 0.552. The molecule has 0 aromatic heterocycles. The lowest BCUT2D eigenvalue weighted by Crippen LogP contribution is -2.53. The molecule has 34 heavy (non-hydrogen) atoms. The van der Waals surface area contributed by atoms with Crippen LogP contribution in [0.3, 0.4) is 0 Å². The summed E-state index contributed by atoms with van der Waals surface area (Å²) < 4.78 is 13.7. The van der Waals surface area contributed by atoms with Gasteiger partial charge in [-0.05, 0) is 43.2 Å². The van der Waals surface area contributed by atoms with Crippen molar-refractivity contribution >= 4 is 58.2 Å². The first-order valence-corrected chi connectivity index (χ1v) is 11.3. The van der Waals surface area contributed by atoms with E-state index in [2.05, 4.69) is 10.6 Å². The fourth-order valence-electron chi connectivity index (χ4n) is 5.41. The largest absolute Gasteiger partial charge is 0.370 e. The number of halogens is 3. The van der Waals surface area contributed by atoms with Crippen molar-refractivity contribution in [1.29, 1.82) is 0 Å². The van der Waals surface area contributed by atoms with Gasteiger partial charge in [0.15, 0.2) is 0 Å². The van der Waals surface area contributed by atoms with Crippen LogP contribution >= 0.6 is 23.2 Å². The molecule has 2 aromatic carbocycles. The number of hydrogen-bond acceptors (Lipinski definition) is 5. The van der Waals surface area contributed by atoms with Crippen LogP contribution in [0.25, 0.3) is 0 Å². The van der Waals surface area contributed by atoms with E-state index in [1.165, 1.54) is 12.1 Å². The van der Waals surface area contributed by atoms with Crippen molar-refractivity contribution in [3.05, 3.63) is 57.3 Å². The van der Waals surface area contributed by atoms with Gasteiger partial charge < -0.3 is 11.1 Å². The lowest BCUT2D eigenvalue weighted by atomic mass is 9.76. The first-order valence-electron chi connectivity index (χ1n) is 10.6. The second-order valence-electron chi connectivity index (χ2n) is 8.73. The number of hydrogen-bond donors (Lipinski definition) is 3. The van der Waals surface area contributed by atoms with Crippen molar-refractivity contribution in [3.63, 3.8) is 0 Å². The van der Waals surface area contributed by atoms with Gasteiger partial charge in [-0.15, -0.1) is 0 Å². The number of benzene rings is 2. The fourth-order valence-corrected chi connectivity index (χ4v) is 5.75. The third-order valence-electron chi connectivity index (χ3n) is 6.95. The van der Waals surface area contributed by atoms with Crippen LogP contribution in [0.4, 0.5) is 15.8 Å². The van der Waals surface area contributed by atoms with Crippen LogP contribution in [0.1, 0.15) is 24.0 Å². The number of nitrogens with zero attached hydrogens (tertiary/aromatic N) is 1. The maximum atomic E-state index is 13.8. The van der Waals surface area contributed by atoms with E-state index in [-0.39, 0.29) is 23.6 Å². The number of amides is 4. The van der Waals surface area contributed by atoms with Crippen LogP contribution in [0.2, 0.25) is 10.0 Å². The highest BCUT2D eigenvalue weighted by Gasteiger charge is 2.70. The van der Waals surface area contributed by atoms with Crippen molar-refractivity contribution in [2.24, 2.45) is 17.6 Å². The van der Waals surface area contributed by atoms with E-state index in [1.807, 2.05) is 0 Å². The molecule has 4 atom stereocenters. The van der Waals surface area contributed by atoms with Gasteiger partial charge in [0.05, 0.1) is 28.2 Å². The normalized spacial score (nSPS) is 27.4. The van der Waals surface area contributed by atoms with E-state index in [1.54, 1.807) is 19.1 Å². The smallest absolute Gasteiger partial charge is 0.250 e. The van der Waals surface area contributed by atoms with E-state index >= 15 is 0 Å². The lowest BCUT2D eigenvalue weighted by molar-refractivity contribution is -0.130. The highest BCUT2D eigenvalue weighted by Crippen LogP contribution is 2.55. The topological polar surface area (TPSA) is 122 Å². The number of carbonyl (C=O) groups is 4. The summed E-state index contributed by atoms with van der Waals surface area (Å²) >= 11 is 12.1. The summed E-state index contributed by atoms with van der Waals surface area (Å²) in [6.45, 7) is 1.74. The van der Waals surface area contributed by atoms with Gasteiger partial charge in [-0.3, -0.25) is 24.5 Å². The van der Waals surface area contributed by atoms with E-state index < -0.39 is 52.9 Å². The zero-order valence-electron chi connectivity index (χ0n) is 17.8. The minimum atomic E-state index is -1.55. The molecular formula is C23H19Cl2FN4O4. The molecule has 8 nitrogen and oxygen atoms in total. The molecule has 1 spiro atoms. The molecule has 4 amide bonds. The Morgan fingerprint density at radius 2 is 1.88 bits per heavy atom. The number of primary amides is 1. The van der Waals surface area contributed by atoms with Gasteiger partial charge in [0.1, 0.15) is 11.4 Å². The van der Waals surface area contributed by atoms with E-state index in [9.17, 15) is 23.6 Å². The zero-order valence-corrected chi connectivity index (χ0v) is 19.3. The van der Waals surface area contributed by atoms with E-state index in [4.69, 9.17) is 28.9 Å². The number of carbonyl (C=O) groups excluding carboxylic acids is 4. The number of nitrogens with one attached hydrogen (secondary N) is 2. The first kappa shape index (κ1) is 22.8. The van der Waals surface area contributed by atoms with Crippen LogP contribution in [0, 0.1) is 24.6 Å². The van der Waals surface area contributed by atoms with Crippen molar-refractivity contribution in [2.45, 2.75) is 31.3 Å². The Morgan fingerprint density at radius 3 is 2.56 bits per heavy atom. The predicted octanol–water partition coefficient (Wildman–Crippen LogP) is 2.63. The Morgan fingerprint density at radius 1 is 1.15 bits per heavy atom. The molecule has 0 saturated carbocycles. The van der Waals surface area contributed by atoms with E-state index in [0.717, 1.165) is 11.0 Å². The maximum Gasteiger partial charge on any atom is 0.250 e. The third-order valence-corrected chi connectivity index (χ3v) is 7.65. The molecule has 3 aliphatic rings. The van der Waals surface area contributed by atoms with Crippen LogP contribution in [-0.4, -0.2) is 29.7 Å². The van der Waals surface area contributed by atoms with Gasteiger partial charge >= 0.3 is 0 Å². The average molecular weight is 505 g/mol. The van der Waals surface area contributed by atoms with Gasteiger partial charge in [-0.25, -0.2) is 9.29 Å². The molecule has 0 radical (unpaired) electrons. The van der Waals surface area contributed by atoms with E-state index in [0.29, 0.717) is 21.8 Å². The molecule has 3 aliphatic heterocycles. The van der Waals surface area contributed by atoms with Crippen LogP contribution < -0.4 is 21.3 Å². The number of anilines is 2. The molecule has 3 heterocycles. The summed E-state index contributed by atoms with van der Waals surface area (Å²) in [5.41, 5.74) is 5.48. The summed E-state index contributed by atoms with van der Waals surface area (Å²) in [5, 5.41) is 6.22. The molecule has 2 aromatic rings. The molecule has 2 fully saturated rings. The molecule has 4 N–H and O–H groups in total. The third kappa shape index (κ3) is 3.00. The van der Waals surface area contributed by atoms with Crippen LogP contribution in [0.5, 0.6) is 0 Å². The first-order chi connectivity index (χ1) is 16.1. The molecule has 2 unspecified atom stereocenters.